The number of likely N-dealkylation sites (tertiary alicyclic amines) is 1. The molecule has 8 nitrogen and oxygen atoms in total. The molecule has 4 aromatic rings. The number of aromatic nitrogens is 3. The van der Waals surface area contributed by atoms with Gasteiger partial charge in [0.2, 0.25) is 0 Å². The van der Waals surface area contributed by atoms with E-state index in [1.807, 2.05) is 35.8 Å². The van der Waals surface area contributed by atoms with Gasteiger partial charge in [0.25, 0.3) is 5.91 Å². The fourth-order valence-electron chi connectivity index (χ4n) is 5.56. The first-order valence-electron chi connectivity index (χ1n) is 13.5. The Morgan fingerprint density at radius 3 is 2.70 bits per heavy atom. The molecule has 202 valence electrons. The Bertz CT molecular complexity index is 1670. The quantitative estimate of drug-likeness (QED) is 0.237. The lowest BCUT2D eigenvalue weighted by Crippen LogP contribution is -2.39. The van der Waals surface area contributed by atoms with Gasteiger partial charge in [0, 0.05) is 36.0 Å². The van der Waals surface area contributed by atoms with Crippen LogP contribution in [0, 0.1) is 30.0 Å². The number of allylic oxidation sites excluding steroid dienone is 1. The molecule has 0 spiro atoms. The number of hydrogen-bond donors (Lipinski definition) is 1. The molecule has 2 N–H and O–H groups in total. The SMILES string of the molecule is Cc1c(-c2ccc(Oc3ccccc3)cc2F)c2c(N)ncnc2n1C[C@H]1CCCN1C(=O)/C(C#N)=C/C1CC1. The molecule has 2 aromatic carbocycles. The van der Waals surface area contributed by atoms with E-state index in [2.05, 4.69) is 16.0 Å². The van der Waals surface area contributed by atoms with E-state index in [4.69, 9.17) is 10.5 Å². The molecule has 9 heteroatoms. The minimum atomic E-state index is -0.458. The van der Waals surface area contributed by atoms with Crippen LogP contribution in [-0.4, -0.2) is 37.9 Å². The summed E-state index contributed by atoms with van der Waals surface area (Å²) in [7, 11) is 0. The van der Waals surface area contributed by atoms with Crippen LogP contribution in [0.3, 0.4) is 0 Å². The Kier molecular flexibility index (Phi) is 6.68. The lowest BCUT2D eigenvalue weighted by atomic mass is 10.0. The van der Waals surface area contributed by atoms with Gasteiger partial charge in [0.15, 0.2) is 0 Å². The number of nitrogens with two attached hydrogens (primary N) is 1. The number of nitrogen functional groups attached to an aromatic ring is 1. The van der Waals surface area contributed by atoms with Gasteiger partial charge in [-0.3, -0.25) is 4.79 Å². The minimum Gasteiger partial charge on any atom is -0.457 e. The molecule has 0 radical (unpaired) electrons. The number of halogens is 1. The van der Waals surface area contributed by atoms with E-state index >= 15 is 4.39 Å². The van der Waals surface area contributed by atoms with E-state index in [0.29, 0.717) is 52.7 Å². The third kappa shape index (κ3) is 4.77. The number of rotatable bonds is 7. The van der Waals surface area contributed by atoms with Crippen molar-refractivity contribution in [3.63, 3.8) is 0 Å². The number of anilines is 1. The molecule has 1 saturated heterocycles. The number of carbonyl (C=O) groups is 1. The van der Waals surface area contributed by atoms with Gasteiger partial charge in [-0.05, 0) is 62.8 Å². The lowest BCUT2D eigenvalue weighted by molar-refractivity contribution is -0.127. The number of carbonyl (C=O) groups excluding carboxylic acids is 1. The van der Waals surface area contributed by atoms with Gasteiger partial charge in [-0.2, -0.15) is 5.26 Å². The van der Waals surface area contributed by atoms with Gasteiger partial charge in [0.1, 0.15) is 46.8 Å². The van der Waals surface area contributed by atoms with Crippen LogP contribution in [0.4, 0.5) is 10.2 Å². The summed E-state index contributed by atoms with van der Waals surface area (Å²) in [5.74, 6) is 0.898. The van der Waals surface area contributed by atoms with Gasteiger partial charge in [-0.1, -0.05) is 24.3 Å². The highest BCUT2D eigenvalue weighted by atomic mass is 19.1. The predicted octanol–water partition coefficient (Wildman–Crippen LogP) is 5.77. The number of hydrogen-bond acceptors (Lipinski definition) is 6. The molecule has 0 unspecified atom stereocenters. The highest BCUT2D eigenvalue weighted by Crippen LogP contribution is 2.40. The highest BCUT2D eigenvalue weighted by molar-refractivity contribution is 6.02. The van der Waals surface area contributed by atoms with Gasteiger partial charge in [-0.25, -0.2) is 14.4 Å². The summed E-state index contributed by atoms with van der Waals surface area (Å²) >= 11 is 0. The molecular weight excluding hydrogens is 507 g/mol. The van der Waals surface area contributed by atoms with Crippen molar-refractivity contribution < 1.29 is 13.9 Å². The maximum Gasteiger partial charge on any atom is 0.264 e. The van der Waals surface area contributed by atoms with Crippen molar-refractivity contribution in [2.24, 2.45) is 5.92 Å². The molecule has 1 saturated carbocycles. The van der Waals surface area contributed by atoms with E-state index in [1.54, 1.807) is 29.2 Å². The first-order valence-corrected chi connectivity index (χ1v) is 13.5. The second-order valence-corrected chi connectivity index (χ2v) is 10.4. The third-order valence-corrected chi connectivity index (χ3v) is 7.72. The van der Waals surface area contributed by atoms with Crippen molar-refractivity contribution >= 4 is 22.8 Å². The van der Waals surface area contributed by atoms with Crippen molar-refractivity contribution in [1.82, 2.24) is 19.4 Å². The second kappa shape index (κ2) is 10.5. The second-order valence-electron chi connectivity index (χ2n) is 10.4. The van der Waals surface area contributed by atoms with Crippen LogP contribution in [0.2, 0.25) is 0 Å². The van der Waals surface area contributed by atoms with Crippen molar-refractivity contribution in [3.05, 3.63) is 78.0 Å². The Balaban J connectivity index is 1.35. The fourth-order valence-corrected chi connectivity index (χ4v) is 5.56. The average molecular weight is 537 g/mol. The van der Waals surface area contributed by atoms with E-state index < -0.39 is 5.82 Å². The Morgan fingerprint density at radius 2 is 1.98 bits per heavy atom. The molecule has 2 aromatic heterocycles. The Hall–Kier alpha value is -4.71. The van der Waals surface area contributed by atoms with E-state index in [-0.39, 0.29) is 23.3 Å². The standard InChI is InChI=1S/C31H29FN6O2/c1-19-27(25-12-11-24(15-26(25)32)40-23-7-3-2-4-8-23)28-29(34)35-18-36-30(28)38(19)17-22-6-5-13-37(22)31(39)21(16-33)14-20-9-10-20/h2-4,7-8,11-12,14-15,18,20,22H,5-6,9-10,13,17H2,1H3,(H2,34,35,36)/b21-14+/t22-/m1/s1. The van der Waals surface area contributed by atoms with Crippen LogP contribution in [0.1, 0.15) is 31.4 Å². The van der Waals surface area contributed by atoms with E-state index in [9.17, 15) is 10.1 Å². The largest absolute Gasteiger partial charge is 0.457 e. The number of nitriles is 1. The summed E-state index contributed by atoms with van der Waals surface area (Å²) < 4.78 is 23.4. The predicted molar refractivity (Wildman–Crippen MR) is 150 cm³/mol. The molecular formula is C31H29FN6O2. The molecule has 1 amide bonds. The monoisotopic (exact) mass is 536 g/mol. The van der Waals surface area contributed by atoms with Gasteiger partial charge < -0.3 is 19.9 Å². The van der Waals surface area contributed by atoms with Crippen LogP contribution in [0.5, 0.6) is 11.5 Å². The maximum absolute atomic E-state index is 15.6. The first kappa shape index (κ1) is 25.6. The van der Waals surface area contributed by atoms with Crippen molar-refractivity contribution in [3.8, 4) is 28.7 Å². The third-order valence-electron chi connectivity index (χ3n) is 7.72. The van der Waals surface area contributed by atoms with Gasteiger partial charge in [-0.15, -0.1) is 0 Å². The summed E-state index contributed by atoms with van der Waals surface area (Å²) in [6.07, 6.45) is 6.90. The van der Waals surface area contributed by atoms with E-state index in [1.165, 1.54) is 12.4 Å². The van der Waals surface area contributed by atoms with Crippen LogP contribution < -0.4 is 10.5 Å². The van der Waals surface area contributed by atoms with Gasteiger partial charge in [0.05, 0.1) is 11.4 Å². The fraction of sp³-hybridized carbons (Fsp3) is 0.290. The number of amides is 1. The smallest absolute Gasteiger partial charge is 0.264 e. The van der Waals surface area contributed by atoms with Crippen LogP contribution >= 0.6 is 0 Å². The molecule has 1 aliphatic heterocycles. The Labute approximate surface area is 231 Å². The summed E-state index contributed by atoms with van der Waals surface area (Å²) in [5.41, 5.74) is 8.87. The molecule has 2 fully saturated rings. The molecule has 1 atom stereocenters. The van der Waals surface area contributed by atoms with Crippen molar-refractivity contribution in [2.75, 3.05) is 12.3 Å². The molecule has 1 aliphatic carbocycles. The highest BCUT2D eigenvalue weighted by Gasteiger charge is 2.33. The molecule has 2 aliphatic rings. The van der Waals surface area contributed by atoms with Crippen LogP contribution in [-0.2, 0) is 11.3 Å². The zero-order chi connectivity index (χ0) is 27.8. The molecule has 3 heterocycles. The lowest BCUT2D eigenvalue weighted by Gasteiger charge is -2.26. The topological polar surface area (TPSA) is 110 Å². The Morgan fingerprint density at radius 1 is 1.18 bits per heavy atom. The maximum atomic E-state index is 15.6. The zero-order valence-corrected chi connectivity index (χ0v) is 22.2. The number of fused-ring (bicyclic) bond motifs is 1. The van der Waals surface area contributed by atoms with Crippen LogP contribution in [0.25, 0.3) is 22.2 Å². The van der Waals surface area contributed by atoms with Crippen LogP contribution in [0.15, 0.2) is 66.5 Å². The minimum absolute atomic E-state index is 0.131. The first-order chi connectivity index (χ1) is 19.4. The number of benzene rings is 2. The average Bonchev–Trinajstić information content (AvgIpc) is 3.58. The number of ether oxygens (including phenoxy) is 1. The molecule has 40 heavy (non-hydrogen) atoms. The summed E-state index contributed by atoms with van der Waals surface area (Å²) in [6.45, 7) is 2.94. The number of nitrogens with zero attached hydrogens (tertiary/aromatic N) is 5. The molecule has 6 rings (SSSR count). The zero-order valence-electron chi connectivity index (χ0n) is 22.2. The number of para-hydroxylation sites is 1. The summed E-state index contributed by atoms with van der Waals surface area (Å²) in [6, 6.07) is 15.9. The normalized spacial score (nSPS) is 17.3. The van der Waals surface area contributed by atoms with E-state index in [0.717, 1.165) is 31.4 Å². The summed E-state index contributed by atoms with van der Waals surface area (Å²) in [4.78, 5) is 23.8. The van der Waals surface area contributed by atoms with Crippen molar-refractivity contribution in [2.45, 2.75) is 45.2 Å². The van der Waals surface area contributed by atoms with Gasteiger partial charge >= 0.3 is 0 Å². The van der Waals surface area contributed by atoms with Crippen molar-refractivity contribution in [1.29, 1.82) is 5.26 Å². The summed E-state index contributed by atoms with van der Waals surface area (Å²) in [5, 5.41) is 10.2. The molecule has 0 bridgehead atoms.